The maximum Gasteiger partial charge on any atom is 0.0670 e. The molecule has 2 fully saturated rings. The summed E-state index contributed by atoms with van der Waals surface area (Å²) < 4.78 is 5.93. The smallest absolute Gasteiger partial charge is 0.0670 e. The number of nitrogens with one attached hydrogen (secondary N) is 1. The van der Waals surface area contributed by atoms with Gasteiger partial charge in [0.25, 0.3) is 0 Å². The van der Waals surface area contributed by atoms with Gasteiger partial charge in [0.15, 0.2) is 0 Å². The minimum atomic E-state index is 0.441. The molecule has 2 heteroatoms. The summed E-state index contributed by atoms with van der Waals surface area (Å²) in [6, 6.07) is 9.69. The van der Waals surface area contributed by atoms with Gasteiger partial charge in [0.1, 0.15) is 0 Å². The van der Waals surface area contributed by atoms with Gasteiger partial charge in [0, 0.05) is 23.8 Å². The molecule has 1 aromatic carbocycles. The molecule has 2 saturated carbocycles. The molecule has 0 aromatic heterocycles. The largest absolute Gasteiger partial charge is 0.382 e. The Hall–Kier alpha value is -1.02. The quantitative estimate of drug-likeness (QED) is 0.778. The van der Waals surface area contributed by atoms with Crippen LogP contribution in [0.5, 0.6) is 0 Å². The highest BCUT2D eigenvalue weighted by Crippen LogP contribution is 2.58. The molecule has 2 atom stereocenters. The van der Waals surface area contributed by atoms with E-state index in [9.17, 15) is 0 Å². The minimum Gasteiger partial charge on any atom is -0.382 e. The summed E-state index contributed by atoms with van der Waals surface area (Å²) in [4.78, 5) is 0. The molecule has 1 aromatic rings. The van der Waals surface area contributed by atoms with Crippen molar-refractivity contribution >= 4 is 5.69 Å². The molecule has 0 radical (unpaired) electrons. The highest BCUT2D eigenvalue weighted by atomic mass is 16.5. The zero-order valence-corrected chi connectivity index (χ0v) is 13.5. The first-order valence-corrected chi connectivity index (χ1v) is 8.75. The molecule has 2 nitrogen and oxygen atoms in total. The van der Waals surface area contributed by atoms with Crippen molar-refractivity contribution in [3.05, 3.63) is 29.8 Å². The first-order chi connectivity index (χ1) is 10.3. The fourth-order valence-corrected chi connectivity index (χ4v) is 3.99. The minimum absolute atomic E-state index is 0.441. The Morgan fingerprint density at radius 3 is 2.52 bits per heavy atom. The molecule has 0 saturated heterocycles. The Morgan fingerprint density at radius 2 is 1.95 bits per heavy atom. The molecule has 3 rings (SSSR count). The van der Waals surface area contributed by atoms with E-state index in [4.69, 9.17) is 4.74 Å². The van der Waals surface area contributed by atoms with E-state index in [0.717, 1.165) is 6.61 Å². The number of anilines is 1. The zero-order chi connectivity index (χ0) is 14.7. The van der Waals surface area contributed by atoms with Gasteiger partial charge >= 0.3 is 0 Å². The van der Waals surface area contributed by atoms with Crippen LogP contribution in [0.3, 0.4) is 0 Å². The van der Waals surface area contributed by atoms with Crippen LogP contribution in [-0.2, 0) is 11.2 Å². The topological polar surface area (TPSA) is 21.3 Å². The Kier molecular flexibility index (Phi) is 4.54. The molecular formula is C19H29NO. The number of unbranched alkanes of at least 4 members (excludes halogenated alkanes) is 1. The van der Waals surface area contributed by atoms with Crippen molar-refractivity contribution in [1.82, 2.24) is 0 Å². The average molecular weight is 287 g/mol. The monoisotopic (exact) mass is 287 g/mol. The molecule has 2 aliphatic carbocycles. The maximum atomic E-state index is 5.93. The average Bonchev–Trinajstić information content (AvgIpc) is 2.43. The molecule has 1 spiro atoms. The first kappa shape index (κ1) is 14.9. The van der Waals surface area contributed by atoms with Crippen LogP contribution < -0.4 is 5.32 Å². The molecule has 21 heavy (non-hydrogen) atoms. The normalized spacial score (nSPS) is 26.2. The van der Waals surface area contributed by atoms with E-state index in [1.165, 1.54) is 56.2 Å². The number of hydrogen-bond acceptors (Lipinski definition) is 2. The van der Waals surface area contributed by atoms with Crippen LogP contribution in [0, 0.1) is 5.41 Å². The Balaban J connectivity index is 1.57. The fourth-order valence-electron chi connectivity index (χ4n) is 3.99. The second kappa shape index (κ2) is 6.39. The lowest BCUT2D eigenvalue weighted by Crippen LogP contribution is -2.64. The Bertz CT molecular complexity index is 449. The highest BCUT2D eigenvalue weighted by Gasteiger charge is 2.58. The molecule has 0 bridgehead atoms. The predicted molar refractivity (Wildman–Crippen MR) is 88.8 cm³/mol. The van der Waals surface area contributed by atoms with Crippen molar-refractivity contribution in [1.29, 1.82) is 0 Å². The second-order valence-corrected chi connectivity index (χ2v) is 6.76. The lowest BCUT2D eigenvalue weighted by atomic mass is 9.51. The van der Waals surface area contributed by atoms with Crippen LogP contribution >= 0.6 is 0 Å². The van der Waals surface area contributed by atoms with Crippen LogP contribution in [0.2, 0.25) is 0 Å². The molecule has 0 aliphatic heterocycles. The maximum absolute atomic E-state index is 5.93. The van der Waals surface area contributed by atoms with Gasteiger partial charge < -0.3 is 10.1 Å². The third-order valence-corrected chi connectivity index (χ3v) is 5.55. The molecule has 2 unspecified atom stereocenters. The Morgan fingerprint density at radius 1 is 1.19 bits per heavy atom. The van der Waals surface area contributed by atoms with Crippen molar-refractivity contribution in [2.45, 2.75) is 70.9 Å². The first-order valence-electron chi connectivity index (χ1n) is 8.75. The fraction of sp³-hybridized carbons (Fsp3) is 0.684. The lowest BCUT2D eigenvalue weighted by Gasteiger charge is -2.61. The van der Waals surface area contributed by atoms with Crippen molar-refractivity contribution in [3.63, 3.8) is 0 Å². The van der Waals surface area contributed by atoms with Gasteiger partial charge in [0.2, 0.25) is 0 Å². The third-order valence-electron chi connectivity index (χ3n) is 5.55. The predicted octanol–water partition coefficient (Wildman–Crippen LogP) is 4.79. The summed E-state index contributed by atoms with van der Waals surface area (Å²) in [6.45, 7) is 5.22. The van der Waals surface area contributed by atoms with Crippen molar-refractivity contribution in [3.8, 4) is 0 Å². The van der Waals surface area contributed by atoms with E-state index in [1.807, 2.05) is 0 Å². The van der Waals surface area contributed by atoms with E-state index in [0.29, 0.717) is 17.6 Å². The van der Waals surface area contributed by atoms with E-state index in [2.05, 4.69) is 43.4 Å². The molecule has 1 N–H and O–H groups in total. The van der Waals surface area contributed by atoms with Crippen molar-refractivity contribution in [2.24, 2.45) is 5.41 Å². The number of rotatable bonds is 7. The number of ether oxygens (including phenoxy) is 1. The molecule has 2 aliphatic rings. The van der Waals surface area contributed by atoms with Gasteiger partial charge in [-0.05, 0) is 56.7 Å². The van der Waals surface area contributed by atoms with Crippen LogP contribution in [0.25, 0.3) is 0 Å². The SMILES string of the molecule is CCCCc1ccc(NC2CC(OCC)C23CCC3)cc1. The Labute approximate surface area is 129 Å². The summed E-state index contributed by atoms with van der Waals surface area (Å²) in [5, 5.41) is 3.76. The van der Waals surface area contributed by atoms with Crippen LogP contribution in [-0.4, -0.2) is 18.8 Å². The van der Waals surface area contributed by atoms with Crippen molar-refractivity contribution in [2.75, 3.05) is 11.9 Å². The van der Waals surface area contributed by atoms with Crippen LogP contribution in [0.1, 0.15) is 57.9 Å². The lowest BCUT2D eigenvalue weighted by molar-refractivity contribution is -0.157. The summed E-state index contributed by atoms with van der Waals surface area (Å²) >= 11 is 0. The molecule has 116 valence electrons. The van der Waals surface area contributed by atoms with Gasteiger partial charge in [-0.3, -0.25) is 0 Å². The molecule has 0 amide bonds. The van der Waals surface area contributed by atoms with Gasteiger partial charge in [-0.1, -0.05) is 31.9 Å². The highest BCUT2D eigenvalue weighted by molar-refractivity contribution is 5.47. The summed E-state index contributed by atoms with van der Waals surface area (Å²) in [7, 11) is 0. The second-order valence-electron chi connectivity index (χ2n) is 6.76. The van der Waals surface area contributed by atoms with Gasteiger partial charge in [-0.15, -0.1) is 0 Å². The van der Waals surface area contributed by atoms with Gasteiger partial charge in [0.05, 0.1) is 6.10 Å². The summed E-state index contributed by atoms with van der Waals surface area (Å²) in [5.41, 5.74) is 3.18. The van der Waals surface area contributed by atoms with Gasteiger partial charge in [-0.2, -0.15) is 0 Å². The van der Waals surface area contributed by atoms with E-state index in [1.54, 1.807) is 0 Å². The zero-order valence-electron chi connectivity index (χ0n) is 13.5. The van der Waals surface area contributed by atoms with Crippen molar-refractivity contribution < 1.29 is 4.74 Å². The molecule has 0 heterocycles. The number of hydrogen-bond donors (Lipinski definition) is 1. The molecular weight excluding hydrogens is 258 g/mol. The summed E-state index contributed by atoms with van der Waals surface area (Å²) in [5.74, 6) is 0. The van der Waals surface area contributed by atoms with Crippen LogP contribution in [0.15, 0.2) is 24.3 Å². The van der Waals surface area contributed by atoms with Crippen LogP contribution in [0.4, 0.5) is 5.69 Å². The van der Waals surface area contributed by atoms with E-state index >= 15 is 0 Å². The standard InChI is InChI=1S/C19H29NO/c1-3-5-7-15-8-10-16(11-9-15)20-17-14-18(21-4-2)19(17)12-6-13-19/h8-11,17-18,20H,3-7,12-14H2,1-2H3. The van der Waals surface area contributed by atoms with Gasteiger partial charge in [-0.25, -0.2) is 0 Å². The van der Waals surface area contributed by atoms with E-state index < -0.39 is 0 Å². The van der Waals surface area contributed by atoms with E-state index in [-0.39, 0.29) is 0 Å². The number of benzene rings is 1. The third kappa shape index (κ3) is 2.83. The summed E-state index contributed by atoms with van der Waals surface area (Å²) in [6.07, 6.45) is 9.48. The number of aryl methyl sites for hydroxylation is 1.